The molecule has 1 N–H and O–H groups in total. The van der Waals surface area contributed by atoms with Gasteiger partial charge in [0.15, 0.2) is 6.61 Å². The number of rotatable bonds is 5. The molecule has 3 amide bonds. The normalized spacial score (nSPS) is 22.2. The summed E-state index contributed by atoms with van der Waals surface area (Å²) in [5.41, 5.74) is 2.13. The summed E-state index contributed by atoms with van der Waals surface area (Å²) in [6, 6.07) is 8.55. The van der Waals surface area contributed by atoms with Gasteiger partial charge in [0.1, 0.15) is 11.8 Å². The van der Waals surface area contributed by atoms with Crippen LogP contribution in [0.4, 0.5) is 4.79 Å². The van der Waals surface area contributed by atoms with E-state index in [0.717, 1.165) is 24.1 Å². The van der Waals surface area contributed by atoms with E-state index in [1.165, 1.54) is 0 Å². The van der Waals surface area contributed by atoms with Crippen molar-refractivity contribution in [2.75, 3.05) is 32.9 Å². The highest BCUT2D eigenvalue weighted by Gasteiger charge is 2.43. The topological polar surface area (TPSA) is 94.9 Å². The second-order valence-corrected chi connectivity index (χ2v) is 7.40. The zero-order valence-corrected chi connectivity index (χ0v) is 16.4. The maximum absolute atomic E-state index is 13.4. The molecular weight excluding hydrogens is 372 g/mol. The van der Waals surface area contributed by atoms with Crippen LogP contribution >= 0.6 is 0 Å². The number of amides is 3. The molecule has 1 saturated carbocycles. The molecule has 0 unspecified atom stereocenters. The maximum Gasteiger partial charge on any atom is 0.322 e. The smallest absolute Gasteiger partial charge is 0.322 e. The van der Waals surface area contributed by atoms with Crippen molar-refractivity contribution in [2.45, 2.75) is 31.8 Å². The van der Waals surface area contributed by atoms with Crippen LogP contribution in [0.5, 0.6) is 5.75 Å². The van der Waals surface area contributed by atoms with Crippen molar-refractivity contribution in [1.82, 2.24) is 15.1 Å². The van der Waals surface area contributed by atoms with Gasteiger partial charge in [0.25, 0.3) is 5.91 Å². The molecule has 1 atom stereocenters. The highest BCUT2D eigenvalue weighted by Crippen LogP contribution is 2.38. The number of nitrogens with zero attached hydrogens (tertiary/aromatic N) is 3. The molecule has 152 valence electrons. The first-order valence-electron chi connectivity index (χ1n) is 9.87. The summed E-state index contributed by atoms with van der Waals surface area (Å²) in [5.74, 6) is 0.505. The molecule has 2 aliphatic heterocycles. The van der Waals surface area contributed by atoms with Crippen LogP contribution in [-0.2, 0) is 9.53 Å². The Labute approximate surface area is 169 Å². The van der Waals surface area contributed by atoms with Crippen molar-refractivity contribution in [1.29, 1.82) is 5.26 Å². The van der Waals surface area contributed by atoms with Gasteiger partial charge in [-0.25, -0.2) is 4.79 Å². The van der Waals surface area contributed by atoms with Gasteiger partial charge in [-0.1, -0.05) is 12.1 Å². The Kier molecular flexibility index (Phi) is 5.41. The molecule has 2 fully saturated rings. The minimum absolute atomic E-state index is 0.0321. The third-order valence-corrected chi connectivity index (χ3v) is 5.48. The average Bonchev–Trinajstić information content (AvgIpc) is 3.57. The van der Waals surface area contributed by atoms with E-state index in [4.69, 9.17) is 14.7 Å². The molecule has 1 aromatic rings. The minimum atomic E-state index is -0.530. The minimum Gasteiger partial charge on any atom is -0.479 e. The zero-order chi connectivity index (χ0) is 20.4. The summed E-state index contributed by atoms with van der Waals surface area (Å²) >= 11 is 0. The number of ether oxygens (including phenoxy) is 2. The molecule has 8 nitrogen and oxygen atoms in total. The van der Waals surface area contributed by atoms with Crippen molar-refractivity contribution in [2.24, 2.45) is 0 Å². The van der Waals surface area contributed by atoms with Gasteiger partial charge in [0, 0.05) is 24.8 Å². The van der Waals surface area contributed by atoms with Crippen LogP contribution in [0.15, 0.2) is 35.5 Å². The van der Waals surface area contributed by atoms with Crippen LogP contribution in [0.3, 0.4) is 0 Å². The largest absolute Gasteiger partial charge is 0.479 e. The molecule has 4 rings (SSSR count). The third-order valence-electron chi connectivity index (χ3n) is 5.48. The Hall–Kier alpha value is -3.05. The number of carbonyl (C=O) groups excluding carboxylic acids is 2. The molecule has 0 bridgehead atoms. The number of benzene rings is 1. The van der Waals surface area contributed by atoms with E-state index < -0.39 is 6.04 Å². The highest BCUT2D eigenvalue weighted by molar-refractivity contribution is 5.98. The summed E-state index contributed by atoms with van der Waals surface area (Å²) in [6.45, 7) is 3.96. The van der Waals surface area contributed by atoms with Crippen molar-refractivity contribution in [3.8, 4) is 11.8 Å². The van der Waals surface area contributed by atoms with Gasteiger partial charge in [0.2, 0.25) is 0 Å². The Morgan fingerprint density at radius 1 is 1.28 bits per heavy atom. The first-order chi connectivity index (χ1) is 14.1. The molecule has 0 aromatic heterocycles. The van der Waals surface area contributed by atoms with E-state index in [1.807, 2.05) is 25.1 Å². The molecule has 1 aromatic carbocycles. The second-order valence-electron chi connectivity index (χ2n) is 7.40. The van der Waals surface area contributed by atoms with E-state index >= 15 is 0 Å². The quantitative estimate of drug-likeness (QED) is 0.821. The van der Waals surface area contributed by atoms with Gasteiger partial charge in [-0.2, -0.15) is 5.26 Å². The van der Waals surface area contributed by atoms with Crippen molar-refractivity contribution >= 4 is 11.9 Å². The van der Waals surface area contributed by atoms with E-state index in [2.05, 4.69) is 5.32 Å². The van der Waals surface area contributed by atoms with Crippen LogP contribution in [0.2, 0.25) is 0 Å². The molecule has 3 aliphatic rings. The Morgan fingerprint density at radius 3 is 2.59 bits per heavy atom. The number of hydrogen-bond donors (Lipinski definition) is 1. The predicted octanol–water partition coefficient (Wildman–Crippen LogP) is 1.95. The number of urea groups is 1. The molecule has 0 radical (unpaired) electrons. The second kappa shape index (κ2) is 8.13. The molecule has 29 heavy (non-hydrogen) atoms. The number of carbonyl (C=O) groups is 2. The highest BCUT2D eigenvalue weighted by atomic mass is 16.5. The standard InChI is InChI=1S/C21H24N4O4/c1-14-18(20(26)24-9-12-28-13-10-24)19(23-21(27)25(14)16-4-5-16)15-2-6-17(7-3-15)29-11-8-22/h2-3,6-7,16,19H,4-5,9-13H2,1H3,(H,23,27)/t19-/m0/s1. The summed E-state index contributed by atoms with van der Waals surface area (Å²) in [7, 11) is 0. The van der Waals surface area contributed by atoms with E-state index in [0.29, 0.717) is 37.6 Å². The Bertz CT molecular complexity index is 864. The number of morpholine rings is 1. The summed E-state index contributed by atoms with van der Waals surface area (Å²) in [4.78, 5) is 29.7. The fourth-order valence-electron chi connectivity index (χ4n) is 3.87. The van der Waals surface area contributed by atoms with Gasteiger partial charge in [-0.3, -0.25) is 9.69 Å². The summed E-state index contributed by atoms with van der Waals surface area (Å²) in [5, 5.41) is 11.7. The summed E-state index contributed by atoms with van der Waals surface area (Å²) < 4.78 is 10.7. The molecule has 1 aliphatic carbocycles. The number of nitrogens with one attached hydrogen (secondary N) is 1. The van der Waals surface area contributed by atoms with Gasteiger partial charge in [-0.15, -0.1) is 0 Å². The number of nitriles is 1. The van der Waals surface area contributed by atoms with Crippen molar-refractivity contribution in [3.05, 3.63) is 41.1 Å². The van der Waals surface area contributed by atoms with Crippen LogP contribution in [0.25, 0.3) is 0 Å². The van der Waals surface area contributed by atoms with Crippen LogP contribution in [-0.4, -0.2) is 60.7 Å². The van der Waals surface area contributed by atoms with E-state index in [9.17, 15) is 9.59 Å². The molecule has 0 spiro atoms. The monoisotopic (exact) mass is 396 g/mol. The first-order valence-corrected chi connectivity index (χ1v) is 9.87. The van der Waals surface area contributed by atoms with Crippen LogP contribution < -0.4 is 10.1 Å². The fraction of sp³-hybridized carbons (Fsp3) is 0.476. The van der Waals surface area contributed by atoms with Gasteiger partial charge in [-0.05, 0) is 37.5 Å². The Morgan fingerprint density at radius 2 is 1.97 bits per heavy atom. The lowest BCUT2D eigenvalue weighted by Crippen LogP contribution is -2.51. The fourth-order valence-corrected chi connectivity index (χ4v) is 3.87. The maximum atomic E-state index is 13.4. The van der Waals surface area contributed by atoms with E-state index in [1.54, 1.807) is 21.9 Å². The van der Waals surface area contributed by atoms with Crippen molar-refractivity contribution < 1.29 is 19.1 Å². The SMILES string of the molecule is CC1=C(C(=O)N2CCOCC2)[C@H](c2ccc(OCC#N)cc2)NC(=O)N1C1CC1. The number of allylic oxidation sites excluding steroid dienone is 1. The summed E-state index contributed by atoms with van der Waals surface area (Å²) in [6.07, 6.45) is 1.92. The lowest BCUT2D eigenvalue weighted by molar-refractivity contribution is -0.131. The number of hydrogen-bond acceptors (Lipinski definition) is 5. The molecule has 1 saturated heterocycles. The van der Waals surface area contributed by atoms with Crippen LogP contribution in [0, 0.1) is 11.3 Å². The first kappa shape index (κ1) is 19.3. The average molecular weight is 396 g/mol. The third kappa shape index (κ3) is 3.91. The molecular formula is C21H24N4O4. The lowest BCUT2D eigenvalue weighted by atomic mass is 9.93. The lowest BCUT2D eigenvalue weighted by Gasteiger charge is -2.38. The van der Waals surface area contributed by atoms with Gasteiger partial charge < -0.3 is 19.7 Å². The Balaban J connectivity index is 1.67. The van der Waals surface area contributed by atoms with Crippen LogP contribution in [0.1, 0.15) is 31.4 Å². The van der Waals surface area contributed by atoms with Gasteiger partial charge in [0.05, 0.1) is 24.8 Å². The van der Waals surface area contributed by atoms with Crippen molar-refractivity contribution in [3.63, 3.8) is 0 Å². The van der Waals surface area contributed by atoms with E-state index in [-0.39, 0.29) is 24.6 Å². The molecule has 8 heteroatoms. The zero-order valence-electron chi connectivity index (χ0n) is 16.4. The predicted molar refractivity (Wildman–Crippen MR) is 104 cm³/mol. The molecule has 2 heterocycles. The van der Waals surface area contributed by atoms with Gasteiger partial charge >= 0.3 is 6.03 Å².